The van der Waals surface area contributed by atoms with Crippen LogP contribution in [0.1, 0.15) is 39.2 Å². The molecule has 1 aliphatic rings. The van der Waals surface area contributed by atoms with Crippen molar-refractivity contribution < 1.29 is 18.0 Å². The smallest absolute Gasteiger partial charge is 0.265 e. The van der Waals surface area contributed by atoms with E-state index in [9.17, 15) is 18.0 Å². The lowest BCUT2D eigenvalue weighted by atomic mass is 10.1. The number of rotatable bonds is 10. The molecule has 1 N–H and O–H groups in total. The Morgan fingerprint density at radius 1 is 1.03 bits per heavy atom. The first-order valence-corrected chi connectivity index (χ1v) is 14.8. The van der Waals surface area contributed by atoms with Crippen LogP contribution in [0.2, 0.25) is 10.0 Å². The molecule has 0 aliphatic carbocycles. The zero-order chi connectivity index (χ0) is 27.6. The number of benzene rings is 3. The topological polar surface area (TPSA) is 86.8 Å². The maximum Gasteiger partial charge on any atom is 0.265 e. The second-order valence-electron chi connectivity index (χ2n) is 9.88. The van der Waals surface area contributed by atoms with Crippen LogP contribution in [0.4, 0.5) is 5.69 Å². The normalized spacial score (nSPS) is 14.6. The van der Waals surface area contributed by atoms with E-state index in [2.05, 4.69) is 5.32 Å². The first-order chi connectivity index (χ1) is 18.0. The van der Waals surface area contributed by atoms with Crippen molar-refractivity contribution >= 4 is 61.5 Å². The molecule has 3 aromatic rings. The highest BCUT2D eigenvalue weighted by molar-refractivity contribution is 7.93. The predicted octanol–water partition coefficient (Wildman–Crippen LogP) is 5.63. The standard InChI is InChI=1S/C28H31Cl2N3O4S/c1-18(2)16-31-28(35)19(3)32(17-21-12-13-22(29)15-23(21)30)26(34)11-6-14-33-24-9-4-7-20-8-5-10-25(27(20)24)38(33,36)37/h4-5,7-10,12-13,15,18-19H,6,11,14,16-17H2,1-3H3,(H,31,35). The Morgan fingerprint density at radius 2 is 1.74 bits per heavy atom. The number of carbonyl (C=O) groups is 2. The van der Waals surface area contributed by atoms with E-state index in [1.54, 1.807) is 43.3 Å². The fraction of sp³-hybridized carbons (Fsp3) is 0.357. The molecule has 1 unspecified atom stereocenters. The minimum atomic E-state index is -3.71. The van der Waals surface area contributed by atoms with Crippen LogP contribution in [0, 0.1) is 5.92 Å². The predicted molar refractivity (Wildman–Crippen MR) is 152 cm³/mol. The summed E-state index contributed by atoms with van der Waals surface area (Å²) in [6, 6.07) is 15.0. The van der Waals surface area contributed by atoms with Gasteiger partial charge in [0.25, 0.3) is 10.0 Å². The molecule has 0 aromatic heterocycles. The zero-order valence-corrected chi connectivity index (χ0v) is 23.9. The maximum absolute atomic E-state index is 13.5. The van der Waals surface area contributed by atoms with Gasteiger partial charge < -0.3 is 10.2 Å². The molecule has 7 nitrogen and oxygen atoms in total. The van der Waals surface area contributed by atoms with Crippen molar-refractivity contribution in [2.45, 2.75) is 51.1 Å². The van der Waals surface area contributed by atoms with Gasteiger partial charge in [-0.1, -0.05) is 67.4 Å². The Hall–Kier alpha value is -2.81. The van der Waals surface area contributed by atoms with Gasteiger partial charge in [-0.15, -0.1) is 0 Å². The fourth-order valence-corrected chi connectivity index (χ4v) is 6.80. The largest absolute Gasteiger partial charge is 0.354 e. The molecule has 0 bridgehead atoms. The quantitative estimate of drug-likeness (QED) is 0.339. The van der Waals surface area contributed by atoms with E-state index < -0.39 is 16.1 Å². The first kappa shape index (κ1) is 28.2. The lowest BCUT2D eigenvalue weighted by Gasteiger charge is -2.29. The van der Waals surface area contributed by atoms with Gasteiger partial charge in [0.15, 0.2) is 0 Å². The molecule has 1 aliphatic heterocycles. The van der Waals surface area contributed by atoms with Gasteiger partial charge in [-0.3, -0.25) is 13.9 Å². The molecule has 3 aromatic carbocycles. The lowest BCUT2D eigenvalue weighted by molar-refractivity contribution is -0.140. The van der Waals surface area contributed by atoms with Crippen LogP contribution in [0.25, 0.3) is 10.8 Å². The number of nitrogens with zero attached hydrogens (tertiary/aromatic N) is 2. The van der Waals surface area contributed by atoms with Crippen molar-refractivity contribution in [1.29, 1.82) is 0 Å². The summed E-state index contributed by atoms with van der Waals surface area (Å²) < 4.78 is 27.9. The number of anilines is 1. The Labute approximate surface area is 233 Å². The van der Waals surface area contributed by atoms with Crippen LogP contribution in [0.5, 0.6) is 0 Å². The van der Waals surface area contributed by atoms with Crippen molar-refractivity contribution in [3.8, 4) is 0 Å². The Bertz CT molecular complexity index is 1470. The molecule has 1 heterocycles. The highest BCUT2D eigenvalue weighted by Gasteiger charge is 2.35. The minimum absolute atomic E-state index is 0.0609. The van der Waals surface area contributed by atoms with Gasteiger partial charge in [0.1, 0.15) is 6.04 Å². The zero-order valence-electron chi connectivity index (χ0n) is 21.6. The number of halogens is 2. The first-order valence-electron chi connectivity index (χ1n) is 12.6. The monoisotopic (exact) mass is 575 g/mol. The molecule has 2 amide bonds. The average Bonchev–Trinajstić information content (AvgIpc) is 3.09. The minimum Gasteiger partial charge on any atom is -0.354 e. The molecule has 0 radical (unpaired) electrons. The van der Waals surface area contributed by atoms with Crippen LogP contribution < -0.4 is 9.62 Å². The SMILES string of the molecule is CC(C)CNC(=O)C(C)N(Cc1ccc(Cl)cc1Cl)C(=O)CCCN1c2cccc3cccc(c23)S1(=O)=O. The molecule has 0 spiro atoms. The second kappa shape index (κ2) is 11.5. The number of amides is 2. The van der Waals surface area contributed by atoms with Gasteiger partial charge >= 0.3 is 0 Å². The second-order valence-corrected chi connectivity index (χ2v) is 12.6. The Morgan fingerprint density at radius 3 is 2.42 bits per heavy atom. The number of nitrogens with one attached hydrogen (secondary N) is 1. The third kappa shape index (κ3) is 5.77. The summed E-state index contributed by atoms with van der Waals surface area (Å²) in [4.78, 5) is 28.1. The van der Waals surface area contributed by atoms with Crippen LogP contribution in [-0.4, -0.2) is 44.3 Å². The number of sulfonamides is 1. The molecule has 0 saturated heterocycles. The van der Waals surface area contributed by atoms with Gasteiger partial charge in [0.05, 0.1) is 10.6 Å². The molecule has 38 heavy (non-hydrogen) atoms. The van der Waals surface area contributed by atoms with E-state index in [1.165, 1.54) is 9.21 Å². The maximum atomic E-state index is 13.5. The summed E-state index contributed by atoms with van der Waals surface area (Å²) in [5.41, 5.74) is 1.29. The van der Waals surface area contributed by atoms with Gasteiger partial charge in [-0.25, -0.2) is 8.42 Å². The summed E-state index contributed by atoms with van der Waals surface area (Å²) in [6.45, 7) is 6.42. The number of hydrogen-bond acceptors (Lipinski definition) is 4. The van der Waals surface area contributed by atoms with Crippen LogP contribution in [0.15, 0.2) is 59.5 Å². The summed E-state index contributed by atoms with van der Waals surface area (Å²) in [5, 5.41) is 5.32. The Kier molecular flexibility index (Phi) is 8.55. The molecule has 202 valence electrons. The molecule has 4 rings (SSSR count). The van der Waals surface area contributed by atoms with E-state index >= 15 is 0 Å². The van der Waals surface area contributed by atoms with Crippen molar-refractivity contribution in [3.05, 3.63) is 70.2 Å². The summed E-state index contributed by atoms with van der Waals surface area (Å²) in [5.74, 6) is -0.270. The lowest BCUT2D eigenvalue weighted by Crippen LogP contribution is -2.48. The van der Waals surface area contributed by atoms with E-state index in [4.69, 9.17) is 23.2 Å². The van der Waals surface area contributed by atoms with Gasteiger partial charge in [-0.05, 0) is 54.5 Å². The summed E-state index contributed by atoms with van der Waals surface area (Å²) in [6.07, 6.45) is 0.346. The van der Waals surface area contributed by atoms with Crippen molar-refractivity contribution in [3.63, 3.8) is 0 Å². The van der Waals surface area contributed by atoms with E-state index in [-0.39, 0.29) is 48.6 Å². The highest BCUT2D eigenvalue weighted by atomic mass is 35.5. The Balaban J connectivity index is 1.50. The van der Waals surface area contributed by atoms with Gasteiger partial charge in [-0.2, -0.15) is 0 Å². The third-order valence-corrected chi connectivity index (χ3v) is 9.08. The molecule has 1 atom stereocenters. The molecular formula is C28H31Cl2N3O4S. The van der Waals surface area contributed by atoms with Crippen molar-refractivity contribution in [2.24, 2.45) is 5.92 Å². The summed E-state index contributed by atoms with van der Waals surface area (Å²) in [7, 11) is -3.71. The number of carbonyl (C=O) groups excluding carboxylic acids is 2. The van der Waals surface area contributed by atoms with Crippen molar-refractivity contribution in [2.75, 3.05) is 17.4 Å². The van der Waals surface area contributed by atoms with Crippen LogP contribution in [0.3, 0.4) is 0 Å². The average molecular weight is 577 g/mol. The highest BCUT2D eigenvalue weighted by Crippen LogP contribution is 2.42. The van der Waals surface area contributed by atoms with E-state index in [1.807, 2.05) is 32.0 Å². The molecule has 0 fully saturated rings. The summed E-state index contributed by atoms with van der Waals surface area (Å²) >= 11 is 12.4. The fourth-order valence-electron chi connectivity index (χ4n) is 4.58. The van der Waals surface area contributed by atoms with Gasteiger partial charge in [0, 0.05) is 41.5 Å². The van der Waals surface area contributed by atoms with Crippen LogP contribution in [-0.2, 0) is 26.2 Å². The van der Waals surface area contributed by atoms with E-state index in [0.717, 1.165) is 5.39 Å². The molecule has 0 saturated carbocycles. The number of hydrogen-bond donors (Lipinski definition) is 1. The van der Waals surface area contributed by atoms with Crippen molar-refractivity contribution in [1.82, 2.24) is 10.2 Å². The molecular weight excluding hydrogens is 545 g/mol. The van der Waals surface area contributed by atoms with Gasteiger partial charge in [0.2, 0.25) is 11.8 Å². The van der Waals surface area contributed by atoms with E-state index in [0.29, 0.717) is 33.2 Å². The van der Waals surface area contributed by atoms with Crippen LogP contribution >= 0.6 is 23.2 Å². The molecule has 10 heteroatoms. The third-order valence-electron chi connectivity index (χ3n) is 6.64.